The van der Waals surface area contributed by atoms with Crippen molar-refractivity contribution in [2.75, 3.05) is 29.9 Å². The van der Waals surface area contributed by atoms with Gasteiger partial charge in [0, 0.05) is 19.6 Å². The van der Waals surface area contributed by atoms with Gasteiger partial charge in [0.25, 0.3) is 5.95 Å². The number of nitrogens with one attached hydrogen (secondary N) is 1. The van der Waals surface area contributed by atoms with Gasteiger partial charge >= 0.3 is 0 Å². The molecule has 1 N–H and O–H groups in total. The molecule has 8 nitrogen and oxygen atoms in total. The summed E-state index contributed by atoms with van der Waals surface area (Å²) < 4.78 is 1.55. The van der Waals surface area contributed by atoms with Crippen LogP contribution in [0.5, 0.6) is 0 Å². The van der Waals surface area contributed by atoms with Crippen LogP contribution in [0.2, 0.25) is 0 Å². The lowest BCUT2D eigenvalue weighted by Gasteiger charge is -2.26. The number of hydrogen-bond acceptors (Lipinski definition) is 7. The minimum absolute atomic E-state index is 0.494. The third-order valence-corrected chi connectivity index (χ3v) is 3.21. The van der Waals surface area contributed by atoms with Gasteiger partial charge in [0.2, 0.25) is 11.9 Å². The Labute approximate surface area is 117 Å². The van der Waals surface area contributed by atoms with Crippen molar-refractivity contribution in [1.29, 1.82) is 0 Å². The third-order valence-electron chi connectivity index (χ3n) is 3.21. The second-order valence-electron chi connectivity index (χ2n) is 4.68. The second-order valence-corrected chi connectivity index (χ2v) is 4.68. The molecule has 8 heteroatoms. The van der Waals surface area contributed by atoms with Crippen molar-refractivity contribution in [1.82, 2.24) is 29.7 Å². The van der Waals surface area contributed by atoms with Crippen molar-refractivity contribution in [2.24, 2.45) is 0 Å². The van der Waals surface area contributed by atoms with Gasteiger partial charge in [-0.1, -0.05) is 0 Å². The summed E-state index contributed by atoms with van der Waals surface area (Å²) in [6.45, 7) is 4.76. The highest BCUT2D eigenvalue weighted by Gasteiger charge is 2.16. The minimum atomic E-state index is 0.494. The van der Waals surface area contributed by atoms with Crippen molar-refractivity contribution in [3.63, 3.8) is 0 Å². The molecule has 0 spiro atoms. The molecule has 3 heterocycles. The molecule has 1 saturated heterocycles. The largest absolute Gasteiger partial charge is 0.354 e. The van der Waals surface area contributed by atoms with Gasteiger partial charge in [-0.2, -0.15) is 24.7 Å². The van der Waals surface area contributed by atoms with E-state index in [4.69, 9.17) is 0 Å². The van der Waals surface area contributed by atoms with E-state index in [-0.39, 0.29) is 0 Å². The van der Waals surface area contributed by atoms with E-state index in [0.717, 1.165) is 19.6 Å². The topological polar surface area (TPSA) is 84.7 Å². The second kappa shape index (κ2) is 5.81. The molecule has 0 aliphatic carbocycles. The highest BCUT2D eigenvalue weighted by Crippen LogP contribution is 2.17. The number of nitrogens with zero attached hydrogens (tertiary/aromatic N) is 7. The Morgan fingerprint density at radius 2 is 1.90 bits per heavy atom. The smallest absolute Gasteiger partial charge is 0.258 e. The highest BCUT2D eigenvalue weighted by molar-refractivity contribution is 5.40. The van der Waals surface area contributed by atoms with Crippen molar-refractivity contribution < 1.29 is 0 Å². The Hall–Kier alpha value is -2.25. The molecule has 0 saturated carbocycles. The fraction of sp³-hybridized carbons (Fsp3) is 0.583. The molecule has 0 radical (unpaired) electrons. The molecule has 1 aliphatic heterocycles. The maximum Gasteiger partial charge on any atom is 0.258 e. The van der Waals surface area contributed by atoms with Gasteiger partial charge in [-0.15, -0.1) is 0 Å². The predicted molar refractivity (Wildman–Crippen MR) is 75.0 cm³/mol. The molecule has 20 heavy (non-hydrogen) atoms. The zero-order valence-corrected chi connectivity index (χ0v) is 11.5. The lowest BCUT2D eigenvalue weighted by atomic mass is 10.1. The van der Waals surface area contributed by atoms with E-state index in [1.165, 1.54) is 25.6 Å². The minimum Gasteiger partial charge on any atom is -0.354 e. The Balaban J connectivity index is 1.95. The van der Waals surface area contributed by atoms with Crippen LogP contribution in [0.15, 0.2) is 12.7 Å². The van der Waals surface area contributed by atoms with Gasteiger partial charge < -0.3 is 10.2 Å². The normalized spacial score (nSPS) is 15.3. The zero-order chi connectivity index (χ0) is 13.8. The number of rotatable bonds is 4. The van der Waals surface area contributed by atoms with Crippen LogP contribution in [0, 0.1) is 0 Å². The summed E-state index contributed by atoms with van der Waals surface area (Å²) >= 11 is 0. The van der Waals surface area contributed by atoms with Crippen LogP contribution in [0.1, 0.15) is 26.2 Å². The lowest BCUT2D eigenvalue weighted by Crippen LogP contribution is -2.31. The van der Waals surface area contributed by atoms with Crippen LogP contribution >= 0.6 is 0 Å². The average Bonchev–Trinajstić information content (AvgIpc) is 3.02. The maximum absolute atomic E-state index is 4.51. The Morgan fingerprint density at radius 1 is 1.10 bits per heavy atom. The van der Waals surface area contributed by atoms with Gasteiger partial charge in [0.05, 0.1) is 0 Å². The number of piperidine rings is 1. The summed E-state index contributed by atoms with van der Waals surface area (Å²) in [5.41, 5.74) is 0. The molecular weight excluding hydrogens is 256 g/mol. The van der Waals surface area contributed by atoms with Crippen LogP contribution in [0.4, 0.5) is 11.9 Å². The van der Waals surface area contributed by atoms with E-state index < -0.39 is 0 Å². The molecule has 106 valence electrons. The van der Waals surface area contributed by atoms with E-state index in [0.29, 0.717) is 17.8 Å². The summed E-state index contributed by atoms with van der Waals surface area (Å²) in [7, 11) is 0. The standard InChI is InChI=1S/C12H18N8/c1-2-14-10-16-11(19-6-4-3-5-7-19)18-12(17-10)20-9-13-8-15-20/h8-9H,2-7H2,1H3,(H,14,16,17,18). The molecule has 0 atom stereocenters. The maximum atomic E-state index is 4.51. The van der Waals surface area contributed by atoms with Crippen LogP contribution in [0.25, 0.3) is 5.95 Å². The highest BCUT2D eigenvalue weighted by atomic mass is 15.4. The van der Waals surface area contributed by atoms with E-state index in [9.17, 15) is 0 Å². The van der Waals surface area contributed by atoms with Crippen molar-refractivity contribution >= 4 is 11.9 Å². The molecule has 1 aliphatic rings. The van der Waals surface area contributed by atoms with Gasteiger partial charge in [-0.05, 0) is 26.2 Å². The van der Waals surface area contributed by atoms with Crippen LogP contribution in [0.3, 0.4) is 0 Å². The fourth-order valence-corrected chi connectivity index (χ4v) is 2.24. The third kappa shape index (κ3) is 2.68. The first-order valence-corrected chi connectivity index (χ1v) is 6.96. The lowest BCUT2D eigenvalue weighted by molar-refractivity contribution is 0.566. The van der Waals surface area contributed by atoms with E-state index in [1.54, 1.807) is 11.0 Å². The summed E-state index contributed by atoms with van der Waals surface area (Å²) in [5.74, 6) is 1.78. The van der Waals surface area contributed by atoms with Crippen LogP contribution in [-0.4, -0.2) is 49.4 Å². The van der Waals surface area contributed by atoms with Gasteiger partial charge in [0.15, 0.2) is 0 Å². The summed E-state index contributed by atoms with van der Waals surface area (Å²) in [6.07, 6.45) is 6.70. The quantitative estimate of drug-likeness (QED) is 0.885. The Bertz CT molecular complexity index is 547. The molecule has 0 bridgehead atoms. The van der Waals surface area contributed by atoms with Crippen molar-refractivity contribution in [3.8, 4) is 5.95 Å². The monoisotopic (exact) mass is 274 g/mol. The molecule has 3 rings (SSSR count). The van der Waals surface area contributed by atoms with E-state index in [1.807, 2.05) is 6.92 Å². The molecular formula is C12H18N8. The molecule has 2 aromatic heterocycles. The van der Waals surface area contributed by atoms with Gasteiger partial charge in [-0.25, -0.2) is 4.98 Å². The number of anilines is 2. The van der Waals surface area contributed by atoms with Gasteiger partial charge in [0.1, 0.15) is 12.7 Å². The summed E-state index contributed by atoms with van der Waals surface area (Å²) in [6, 6.07) is 0. The predicted octanol–water partition coefficient (Wildman–Crippen LogP) is 0.874. The zero-order valence-electron chi connectivity index (χ0n) is 11.5. The molecule has 0 unspecified atom stereocenters. The molecule has 2 aromatic rings. The van der Waals surface area contributed by atoms with Gasteiger partial charge in [-0.3, -0.25) is 0 Å². The van der Waals surface area contributed by atoms with E-state index in [2.05, 4.69) is 35.3 Å². The SMILES string of the molecule is CCNc1nc(N2CCCCC2)nc(-n2cncn2)n1. The van der Waals surface area contributed by atoms with Crippen LogP contribution < -0.4 is 10.2 Å². The first-order valence-electron chi connectivity index (χ1n) is 6.96. The Morgan fingerprint density at radius 3 is 2.60 bits per heavy atom. The average molecular weight is 274 g/mol. The van der Waals surface area contributed by atoms with Crippen molar-refractivity contribution in [3.05, 3.63) is 12.7 Å². The molecule has 1 fully saturated rings. The van der Waals surface area contributed by atoms with Crippen LogP contribution in [-0.2, 0) is 0 Å². The molecule has 0 amide bonds. The van der Waals surface area contributed by atoms with E-state index >= 15 is 0 Å². The summed E-state index contributed by atoms with van der Waals surface area (Å²) in [4.78, 5) is 19.5. The number of hydrogen-bond donors (Lipinski definition) is 1. The summed E-state index contributed by atoms with van der Waals surface area (Å²) in [5, 5.41) is 7.22. The first-order chi connectivity index (χ1) is 9.86. The number of aromatic nitrogens is 6. The Kier molecular flexibility index (Phi) is 3.71. The first kappa shape index (κ1) is 12.8. The van der Waals surface area contributed by atoms with Crippen molar-refractivity contribution in [2.45, 2.75) is 26.2 Å². The fourth-order valence-electron chi connectivity index (χ4n) is 2.24. The molecule has 0 aromatic carbocycles.